The molecule has 1 atom stereocenters. The molecular formula is C15H18FNO4. The molecule has 21 heavy (non-hydrogen) atoms. The Balaban J connectivity index is 2.36. The van der Waals surface area contributed by atoms with E-state index in [9.17, 15) is 14.0 Å². The van der Waals surface area contributed by atoms with Crippen molar-refractivity contribution >= 4 is 17.7 Å². The van der Waals surface area contributed by atoms with Crippen molar-refractivity contribution in [2.24, 2.45) is 0 Å². The largest absolute Gasteiger partial charge is 0.468 e. The first-order valence-corrected chi connectivity index (χ1v) is 6.60. The molecule has 1 unspecified atom stereocenters. The average molecular weight is 295 g/mol. The molecule has 1 amide bonds. The van der Waals surface area contributed by atoms with Crippen LogP contribution in [-0.4, -0.2) is 31.3 Å². The Morgan fingerprint density at radius 3 is 2.57 bits per heavy atom. The first-order valence-electron chi connectivity index (χ1n) is 6.60. The fourth-order valence-corrected chi connectivity index (χ4v) is 2.26. The van der Waals surface area contributed by atoms with E-state index in [1.807, 2.05) is 0 Å². The smallest absolute Gasteiger partial charge is 0.414 e. The van der Waals surface area contributed by atoms with Crippen molar-refractivity contribution in [1.29, 1.82) is 0 Å². The molecule has 0 bridgehead atoms. The Bertz CT molecular complexity index is 580. The Morgan fingerprint density at radius 2 is 2.00 bits per heavy atom. The molecule has 1 aliphatic heterocycles. The van der Waals surface area contributed by atoms with E-state index >= 15 is 0 Å². The summed E-state index contributed by atoms with van der Waals surface area (Å²) in [6.45, 7) is 5.31. The lowest BCUT2D eigenvalue weighted by atomic mass is 10.0. The van der Waals surface area contributed by atoms with E-state index in [-0.39, 0.29) is 6.54 Å². The summed E-state index contributed by atoms with van der Waals surface area (Å²) in [5, 5.41) is 0. The van der Waals surface area contributed by atoms with Gasteiger partial charge in [0.25, 0.3) is 0 Å². The van der Waals surface area contributed by atoms with Gasteiger partial charge in [-0.25, -0.2) is 9.18 Å². The van der Waals surface area contributed by atoms with Crippen LogP contribution in [0, 0.1) is 5.82 Å². The molecule has 0 saturated carbocycles. The van der Waals surface area contributed by atoms with E-state index in [2.05, 4.69) is 0 Å². The number of ether oxygens (including phenoxy) is 2. The first-order chi connectivity index (χ1) is 9.73. The summed E-state index contributed by atoms with van der Waals surface area (Å²) in [5.41, 5.74) is 0.238. The van der Waals surface area contributed by atoms with E-state index in [4.69, 9.17) is 9.47 Å². The minimum Gasteiger partial charge on any atom is -0.468 e. The highest BCUT2D eigenvalue weighted by Crippen LogP contribution is 2.38. The third kappa shape index (κ3) is 3.15. The fourth-order valence-electron chi connectivity index (χ4n) is 2.26. The van der Waals surface area contributed by atoms with Crippen molar-refractivity contribution in [1.82, 2.24) is 0 Å². The summed E-state index contributed by atoms with van der Waals surface area (Å²) in [5.74, 6) is -1.57. The van der Waals surface area contributed by atoms with Gasteiger partial charge in [0.1, 0.15) is 17.3 Å². The lowest BCUT2D eigenvalue weighted by Crippen LogP contribution is -2.37. The number of anilines is 1. The molecule has 1 heterocycles. The van der Waals surface area contributed by atoms with Crippen LogP contribution in [0.5, 0.6) is 0 Å². The average Bonchev–Trinajstić information content (AvgIpc) is 2.74. The van der Waals surface area contributed by atoms with Gasteiger partial charge in [-0.15, -0.1) is 0 Å². The number of benzene rings is 1. The highest BCUT2D eigenvalue weighted by Gasteiger charge is 2.39. The quantitative estimate of drug-likeness (QED) is 0.748. The Hall–Kier alpha value is -2.11. The van der Waals surface area contributed by atoms with E-state index in [1.54, 1.807) is 20.8 Å². The van der Waals surface area contributed by atoms with Crippen molar-refractivity contribution in [3.05, 3.63) is 29.6 Å². The van der Waals surface area contributed by atoms with Crippen LogP contribution in [0.1, 0.15) is 32.3 Å². The third-order valence-corrected chi connectivity index (χ3v) is 3.12. The monoisotopic (exact) mass is 295 g/mol. The van der Waals surface area contributed by atoms with Gasteiger partial charge >= 0.3 is 12.1 Å². The molecule has 1 aliphatic rings. The van der Waals surface area contributed by atoms with Crippen LogP contribution < -0.4 is 4.90 Å². The molecule has 1 aromatic rings. The fraction of sp³-hybridized carbons (Fsp3) is 0.467. The number of nitrogens with zero attached hydrogens (tertiary/aromatic N) is 1. The molecule has 0 aromatic heterocycles. The lowest BCUT2D eigenvalue weighted by molar-refractivity contribution is -0.142. The van der Waals surface area contributed by atoms with Crippen molar-refractivity contribution in [2.75, 3.05) is 18.6 Å². The molecule has 6 heteroatoms. The minimum absolute atomic E-state index is 0.0837. The van der Waals surface area contributed by atoms with Crippen LogP contribution in [-0.2, 0) is 14.3 Å². The number of halogens is 1. The van der Waals surface area contributed by atoms with E-state index in [1.165, 1.54) is 30.2 Å². The molecule has 0 fully saturated rings. The van der Waals surface area contributed by atoms with Gasteiger partial charge in [0.15, 0.2) is 0 Å². The second kappa shape index (κ2) is 5.35. The molecule has 114 valence electrons. The number of esters is 1. The first kappa shape index (κ1) is 15.3. The van der Waals surface area contributed by atoms with Crippen LogP contribution in [0.15, 0.2) is 18.2 Å². The number of rotatable bonds is 1. The predicted octanol–water partition coefficient (Wildman–Crippen LogP) is 2.84. The van der Waals surface area contributed by atoms with E-state index < -0.39 is 29.4 Å². The summed E-state index contributed by atoms with van der Waals surface area (Å²) >= 11 is 0. The predicted molar refractivity (Wildman–Crippen MR) is 74.7 cm³/mol. The molecular weight excluding hydrogens is 277 g/mol. The zero-order valence-electron chi connectivity index (χ0n) is 12.5. The summed E-state index contributed by atoms with van der Waals surface area (Å²) < 4.78 is 23.5. The number of fused-ring (bicyclic) bond motifs is 1. The van der Waals surface area contributed by atoms with Gasteiger partial charge in [-0.2, -0.15) is 0 Å². The molecule has 2 rings (SSSR count). The second-order valence-corrected chi connectivity index (χ2v) is 5.87. The van der Waals surface area contributed by atoms with Gasteiger partial charge in [-0.1, -0.05) is 6.07 Å². The number of carbonyl (C=O) groups excluding carboxylic acids is 2. The normalized spacial score (nSPS) is 17.4. The summed E-state index contributed by atoms with van der Waals surface area (Å²) in [4.78, 5) is 25.3. The maximum Gasteiger partial charge on any atom is 0.414 e. The second-order valence-electron chi connectivity index (χ2n) is 5.87. The standard InChI is InChI=1S/C15H18FNO4/c1-15(2,3)21-14(19)17-8-11(13(18)20-4)10-6-5-9(16)7-12(10)17/h5-7,11H,8H2,1-4H3. The van der Waals surface area contributed by atoms with E-state index in [0.717, 1.165) is 0 Å². The molecule has 1 aromatic carbocycles. The molecule has 0 aliphatic carbocycles. The van der Waals surface area contributed by atoms with Gasteiger partial charge in [-0.05, 0) is 38.5 Å². The molecule has 0 N–H and O–H groups in total. The van der Waals surface area contributed by atoms with Crippen LogP contribution in [0.2, 0.25) is 0 Å². The topological polar surface area (TPSA) is 55.8 Å². The number of carbonyl (C=O) groups is 2. The summed E-state index contributed by atoms with van der Waals surface area (Å²) in [7, 11) is 1.28. The van der Waals surface area contributed by atoms with Gasteiger partial charge in [-0.3, -0.25) is 9.69 Å². The van der Waals surface area contributed by atoms with Crippen LogP contribution >= 0.6 is 0 Å². The molecule has 0 spiro atoms. The van der Waals surface area contributed by atoms with Crippen molar-refractivity contribution < 1.29 is 23.5 Å². The number of hydrogen-bond acceptors (Lipinski definition) is 4. The number of amides is 1. The zero-order valence-corrected chi connectivity index (χ0v) is 12.5. The maximum absolute atomic E-state index is 13.5. The molecule has 0 radical (unpaired) electrons. The lowest BCUT2D eigenvalue weighted by Gasteiger charge is -2.24. The number of hydrogen-bond donors (Lipinski definition) is 0. The maximum atomic E-state index is 13.5. The van der Waals surface area contributed by atoms with Gasteiger partial charge < -0.3 is 9.47 Å². The Morgan fingerprint density at radius 1 is 1.33 bits per heavy atom. The van der Waals surface area contributed by atoms with Crippen molar-refractivity contribution in [3.63, 3.8) is 0 Å². The van der Waals surface area contributed by atoms with Gasteiger partial charge in [0, 0.05) is 6.54 Å². The van der Waals surface area contributed by atoms with Crippen LogP contribution in [0.4, 0.5) is 14.9 Å². The highest BCUT2D eigenvalue weighted by molar-refractivity contribution is 5.95. The number of methoxy groups -OCH3 is 1. The van der Waals surface area contributed by atoms with Crippen LogP contribution in [0.3, 0.4) is 0 Å². The van der Waals surface area contributed by atoms with Crippen molar-refractivity contribution in [3.8, 4) is 0 Å². The Labute approximate surface area is 122 Å². The Kier molecular flexibility index (Phi) is 3.89. The third-order valence-electron chi connectivity index (χ3n) is 3.12. The zero-order chi connectivity index (χ0) is 15.8. The highest BCUT2D eigenvalue weighted by atomic mass is 19.1. The SMILES string of the molecule is COC(=O)C1CN(C(=O)OC(C)(C)C)c2cc(F)ccc21. The van der Waals surface area contributed by atoms with Crippen molar-refractivity contribution in [2.45, 2.75) is 32.3 Å². The van der Waals surface area contributed by atoms with Crippen LogP contribution in [0.25, 0.3) is 0 Å². The summed E-state index contributed by atoms with van der Waals surface area (Å²) in [6, 6.07) is 3.98. The summed E-state index contributed by atoms with van der Waals surface area (Å²) in [6.07, 6.45) is -0.610. The molecule has 0 saturated heterocycles. The van der Waals surface area contributed by atoms with Gasteiger partial charge in [0.2, 0.25) is 0 Å². The minimum atomic E-state index is -0.673. The van der Waals surface area contributed by atoms with E-state index in [0.29, 0.717) is 11.3 Å². The van der Waals surface area contributed by atoms with Gasteiger partial charge in [0.05, 0.1) is 12.8 Å². The molecule has 5 nitrogen and oxygen atoms in total.